The molecule has 1 aliphatic heterocycles. The third-order valence-corrected chi connectivity index (χ3v) is 5.57. The minimum atomic E-state index is 0.100. The van der Waals surface area contributed by atoms with Gasteiger partial charge in [0.05, 0.1) is 17.1 Å². The number of thioether (sulfide) groups is 1. The normalized spacial score (nSPS) is 19.3. The van der Waals surface area contributed by atoms with Gasteiger partial charge in [0.25, 0.3) is 5.91 Å². The number of furan rings is 1. The van der Waals surface area contributed by atoms with Crippen molar-refractivity contribution in [2.45, 2.75) is 11.7 Å². The Kier molecular flexibility index (Phi) is 4.70. The molecule has 0 spiro atoms. The van der Waals surface area contributed by atoms with Crippen molar-refractivity contribution in [3.63, 3.8) is 0 Å². The molecule has 1 saturated heterocycles. The van der Waals surface area contributed by atoms with Crippen LogP contribution >= 0.6 is 27.7 Å². The van der Waals surface area contributed by atoms with Crippen molar-refractivity contribution in [2.24, 2.45) is 0 Å². The summed E-state index contributed by atoms with van der Waals surface area (Å²) >= 11 is 5.32. The van der Waals surface area contributed by atoms with Crippen LogP contribution in [0.1, 0.15) is 27.8 Å². The number of carbonyl (C=O) groups excluding carboxylic acids is 1. The summed E-state index contributed by atoms with van der Waals surface area (Å²) in [7, 11) is 0. The highest BCUT2D eigenvalue weighted by Crippen LogP contribution is 2.35. The molecule has 5 heteroatoms. The van der Waals surface area contributed by atoms with Gasteiger partial charge in [-0.15, -0.1) is 11.8 Å². The Morgan fingerprint density at radius 2 is 2.10 bits per heavy atom. The van der Waals surface area contributed by atoms with E-state index >= 15 is 0 Å². The molecule has 3 nitrogen and oxygen atoms in total. The second-order valence-electron chi connectivity index (χ2n) is 4.94. The molecule has 0 saturated carbocycles. The van der Waals surface area contributed by atoms with E-state index in [0.29, 0.717) is 5.25 Å². The van der Waals surface area contributed by atoms with Gasteiger partial charge in [0.2, 0.25) is 0 Å². The number of benzene rings is 1. The molecule has 1 fully saturated rings. The number of hydrogen-bond acceptors (Lipinski definition) is 3. The van der Waals surface area contributed by atoms with Crippen molar-refractivity contribution in [3.8, 4) is 0 Å². The first-order valence-electron chi connectivity index (χ1n) is 6.94. The topological polar surface area (TPSA) is 33.5 Å². The Balaban J connectivity index is 1.70. The highest BCUT2D eigenvalue weighted by molar-refractivity contribution is 9.10. The molecule has 3 rings (SSSR count). The van der Waals surface area contributed by atoms with Gasteiger partial charge in [0.15, 0.2) is 0 Å². The average Bonchev–Trinajstić information content (AvgIpc) is 2.92. The van der Waals surface area contributed by atoms with E-state index < -0.39 is 0 Å². The van der Waals surface area contributed by atoms with Gasteiger partial charge in [0, 0.05) is 23.3 Å². The fourth-order valence-corrected chi connectivity index (χ4v) is 4.12. The molecule has 1 aromatic heterocycles. The average molecular weight is 366 g/mol. The smallest absolute Gasteiger partial charge is 0.255 e. The van der Waals surface area contributed by atoms with Crippen molar-refractivity contribution < 1.29 is 9.21 Å². The van der Waals surface area contributed by atoms with Crippen LogP contribution in [0.4, 0.5) is 0 Å². The van der Waals surface area contributed by atoms with E-state index in [1.165, 1.54) is 0 Å². The van der Waals surface area contributed by atoms with E-state index in [0.717, 1.165) is 41.1 Å². The summed E-state index contributed by atoms with van der Waals surface area (Å²) in [6.07, 6.45) is 2.64. The van der Waals surface area contributed by atoms with Crippen molar-refractivity contribution in [2.75, 3.05) is 18.8 Å². The van der Waals surface area contributed by atoms with E-state index in [-0.39, 0.29) is 5.91 Å². The van der Waals surface area contributed by atoms with Crippen molar-refractivity contribution >= 4 is 33.6 Å². The molecule has 1 amide bonds. The molecule has 1 unspecified atom stereocenters. The summed E-state index contributed by atoms with van der Waals surface area (Å²) in [5.74, 6) is 2.04. The second-order valence-corrected chi connectivity index (χ2v) is 7.10. The van der Waals surface area contributed by atoms with Gasteiger partial charge in [-0.25, -0.2) is 0 Å². The molecular formula is C16H16BrNO2S. The van der Waals surface area contributed by atoms with Crippen LogP contribution in [0.15, 0.2) is 51.6 Å². The van der Waals surface area contributed by atoms with Crippen LogP contribution in [0.2, 0.25) is 0 Å². The van der Waals surface area contributed by atoms with E-state index in [4.69, 9.17) is 4.42 Å². The summed E-state index contributed by atoms with van der Waals surface area (Å²) in [5, 5.41) is 0.344. The lowest BCUT2D eigenvalue weighted by Gasteiger charge is -2.20. The summed E-state index contributed by atoms with van der Waals surface area (Å²) in [5.41, 5.74) is 0.735. The predicted octanol–water partition coefficient (Wildman–Crippen LogP) is 4.36. The number of rotatable bonds is 2. The molecule has 0 aliphatic carbocycles. The van der Waals surface area contributed by atoms with Crippen LogP contribution in [-0.2, 0) is 0 Å². The first-order valence-corrected chi connectivity index (χ1v) is 8.78. The van der Waals surface area contributed by atoms with Gasteiger partial charge in [-0.3, -0.25) is 4.79 Å². The van der Waals surface area contributed by atoms with E-state index in [1.54, 1.807) is 6.26 Å². The lowest BCUT2D eigenvalue weighted by molar-refractivity contribution is 0.0765. The maximum atomic E-state index is 12.6. The van der Waals surface area contributed by atoms with E-state index in [1.807, 2.05) is 53.1 Å². The second kappa shape index (κ2) is 6.71. The standard InChI is InChI=1S/C16H16BrNO2S/c17-13-5-2-1-4-12(13)16(19)18-8-7-15(21-11-9-18)14-6-3-10-20-14/h1-6,10,15H,7-9,11H2. The first kappa shape index (κ1) is 14.7. The quantitative estimate of drug-likeness (QED) is 0.792. The van der Waals surface area contributed by atoms with E-state index in [2.05, 4.69) is 15.9 Å². The minimum absolute atomic E-state index is 0.100. The number of carbonyl (C=O) groups is 1. The molecule has 0 N–H and O–H groups in total. The molecule has 110 valence electrons. The number of halogens is 1. The summed E-state index contributed by atoms with van der Waals surface area (Å²) in [4.78, 5) is 14.6. The number of hydrogen-bond donors (Lipinski definition) is 0. The van der Waals surface area contributed by atoms with Gasteiger partial charge in [-0.05, 0) is 46.6 Å². The lowest BCUT2D eigenvalue weighted by atomic mass is 10.2. The van der Waals surface area contributed by atoms with Crippen LogP contribution in [0.25, 0.3) is 0 Å². The predicted molar refractivity (Wildman–Crippen MR) is 88.6 cm³/mol. The van der Waals surface area contributed by atoms with Gasteiger partial charge in [0.1, 0.15) is 5.76 Å². The maximum Gasteiger partial charge on any atom is 0.255 e. The van der Waals surface area contributed by atoms with Crippen LogP contribution in [0.5, 0.6) is 0 Å². The molecule has 1 atom stereocenters. The molecule has 2 aromatic rings. The fraction of sp³-hybridized carbons (Fsp3) is 0.312. The summed E-state index contributed by atoms with van der Waals surface area (Å²) in [6.45, 7) is 1.54. The number of nitrogens with zero attached hydrogens (tertiary/aromatic N) is 1. The summed E-state index contributed by atoms with van der Waals surface area (Å²) in [6, 6.07) is 11.5. The highest BCUT2D eigenvalue weighted by Gasteiger charge is 2.24. The Morgan fingerprint density at radius 3 is 2.86 bits per heavy atom. The Bertz CT molecular complexity index is 614. The minimum Gasteiger partial charge on any atom is -0.468 e. The summed E-state index contributed by atoms with van der Waals surface area (Å²) < 4.78 is 6.35. The van der Waals surface area contributed by atoms with E-state index in [9.17, 15) is 4.79 Å². The number of amides is 1. The van der Waals surface area contributed by atoms with Crippen LogP contribution in [-0.4, -0.2) is 29.6 Å². The third kappa shape index (κ3) is 3.35. The molecule has 2 heterocycles. The maximum absolute atomic E-state index is 12.6. The van der Waals surface area contributed by atoms with Gasteiger partial charge in [-0.1, -0.05) is 12.1 Å². The third-order valence-electron chi connectivity index (χ3n) is 3.59. The van der Waals surface area contributed by atoms with Gasteiger partial charge >= 0.3 is 0 Å². The molecule has 1 aliphatic rings. The fourth-order valence-electron chi connectivity index (χ4n) is 2.48. The Morgan fingerprint density at radius 1 is 1.24 bits per heavy atom. The molecule has 21 heavy (non-hydrogen) atoms. The lowest BCUT2D eigenvalue weighted by Crippen LogP contribution is -2.33. The van der Waals surface area contributed by atoms with Crippen molar-refractivity contribution in [1.82, 2.24) is 4.90 Å². The molecule has 1 aromatic carbocycles. The zero-order chi connectivity index (χ0) is 14.7. The van der Waals surface area contributed by atoms with Gasteiger partial charge in [-0.2, -0.15) is 0 Å². The zero-order valence-electron chi connectivity index (χ0n) is 11.5. The Hall–Kier alpha value is -1.20. The van der Waals surface area contributed by atoms with Crippen molar-refractivity contribution in [3.05, 3.63) is 58.5 Å². The Labute approximate surface area is 136 Å². The first-order chi connectivity index (χ1) is 10.3. The monoisotopic (exact) mass is 365 g/mol. The van der Waals surface area contributed by atoms with Crippen LogP contribution in [0, 0.1) is 0 Å². The largest absolute Gasteiger partial charge is 0.468 e. The zero-order valence-corrected chi connectivity index (χ0v) is 13.9. The SMILES string of the molecule is O=C(c1ccccc1Br)N1CCSC(c2ccco2)CC1. The highest BCUT2D eigenvalue weighted by atomic mass is 79.9. The molecule has 0 radical (unpaired) electrons. The van der Waals surface area contributed by atoms with Crippen LogP contribution < -0.4 is 0 Å². The van der Waals surface area contributed by atoms with Crippen LogP contribution in [0.3, 0.4) is 0 Å². The van der Waals surface area contributed by atoms with Gasteiger partial charge < -0.3 is 9.32 Å². The molecule has 0 bridgehead atoms. The van der Waals surface area contributed by atoms with Crippen molar-refractivity contribution in [1.29, 1.82) is 0 Å². The molecular weight excluding hydrogens is 350 g/mol.